The molecule has 2 heterocycles. The van der Waals surface area contributed by atoms with Crippen LogP contribution >= 0.6 is 0 Å². The molecule has 0 atom stereocenters. The van der Waals surface area contributed by atoms with Gasteiger partial charge in [0.25, 0.3) is 0 Å². The summed E-state index contributed by atoms with van der Waals surface area (Å²) in [6.45, 7) is 4.20. The molecular formula is C27H22FN3O2. The normalized spacial score (nSPS) is 11.5. The van der Waals surface area contributed by atoms with Gasteiger partial charge < -0.3 is 5.11 Å². The van der Waals surface area contributed by atoms with Crippen molar-refractivity contribution < 1.29 is 14.3 Å². The summed E-state index contributed by atoms with van der Waals surface area (Å²) in [7, 11) is 0. The molecule has 0 aliphatic rings. The van der Waals surface area contributed by atoms with Crippen LogP contribution in [0.25, 0.3) is 32.8 Å². The minimum atomic E-state index is -0.947. The molecule has 0 radical (unpaired) electrons. The highest BCUT2D eigenvalue weighted by Gasteiger charge is 2.19. The lowest BCUT2D eigenvalue weighted by Crippen LogP contribution is -2.04. The van der Waals surface area contributed by atoms with E-state index in [1.807, 2.05) is 12.1 Å². The predicted molar refractivity (Wildman–Crippen MR) is 127 cm³/mol. The molecule has 0 fully saturated rings. The Hall–Kier alpha value is -4.06. The number of nitrogens with zero attached hydrogens (tertiary/aromatic N) is 2. The van der Waals surface area contributed by atoms with Crippen LogP contribution < -0.4 is 0 Å². The minimum absolute atomic E-state index is 0.141. The number of aromatic nitrogens is 3. The molecule has 2 aromatic heterocycles. The van der Waals surface area contributed by atoms with E-state index in [0.717, 1.165) is 49.8 Å². The molecule has 164 valence electrons. The lowest BCUT2D eigenvalue weighted by Gasteiger charge is -2.19. The van der Waals surface area contributed by atoms with Crippen molar-refractivity contribution in [1.82, 2.24) is 15.2 Å². The molecule has 2 N–H and O–H groups in total. The van der Waals surface area contributed by atoms with Crippen molar-refractivity contribution >= 4 is 27.6 Å². The van der Waals surface area contributed by atoms with Gasteiger partial charge in [0.15, 0.2) is 0 Å². The largest absolute Gasteiger partial charge is 0.478 e. The Morgan fingerprint density at radius 2 is 1.76 bits per heavy atom. The number of carboxylic acids is 1. The van der Waals surface area contributed by atoms with E-state index in [1.54, 1.807) is 30.5 Å². The van der Waals surface area contributed by atoms with Gasteiger partial charge in [0.2, 0.25) is 0 Å². The van der Waals surface area contributed by atoms with Gasteiger partial charge in [-0.1, -0.05) is 38.1 Å². The fraction of sp³-hybridized carbons (Fsp3) is 0.148. The molecule has 33 heavy (non-hydrogen) atoms. The Morgan fingerprint density at radius 1 is 1.03 bits per heavy atom. The minimum Gasteiger partial charge on any atom is -0.478 e. The maximum atomic E-state index is 13.7. The SMILES string of the molecule is CC(C)c1nc(Cc2ccc(C(=O)O)cc2)c2cc3[nH]ncc3cc2c1-c1ccc(F)cc1. The summed E-state index contributed by atoms with van der Waals surface area (Å²) < 4.78 is 13.7. The van der Waals surface area contributed by atoms with E-state index in [9.17, 15) is 14.3 Å². The van der Waals surface area contributed by atoms with Gasteiger partial charge in [0.05, 0.1) is 28.7 Å². The van der Waals surface area contributed by atoms with Crippen LogP contribution in [0.4, 0.5) is 4.39 Å². The van der Waals surface area contributed by atoms with E-state index in [1.165, 1.54) is 12.1 Å². The van der Waals surface area contributed by atoms with Crippen LogP contribution in [-0.2, 0) is 6.42 Å². The van der Waals surface area contributed by atoms with Gasteiger partial charge in [-0.2, -0.15) is 5.10 Å². The van der Waals surface area contributed by atoms with Gasteiger partial charge in [-0.3, -0.25) is 10.1 Å². The first-order valence-corrected chi connectivity index (χ1v) is 10.8. The van der Waals surface area contributed by atoms with E-state index in [2.05, 4.69) is 36.2 Å². The fourth-order valence-electron chi connectivity index (χ4n) is 4.27. The molecule has 5 rings (SSSR count). The molecular weight excluding hydrogens is 417 g/mol. The molecule has 0 saturated carbocycles. The molecule has 5 nitrogen and oxygen atoms in total. The first-order valence-electron chi connectivity index (χ1n) is 10.8. The number of carbonyl (C=O) groups is 1. The van der Waals surface area contributed by atoms with Crippen LogP contribution in [-0.4, -0.2) is 26.3 Å². The average molecular weight is 439 g/mol. The molecule has 0 bridgehead atoms. The fourth-order valence-corrected chi connectivity index (χ4v) is 4.27. The summed E-state index contributed by atoms with van der Waals surface area (Å²) in [6.07, 6.45) is 2.35. The van der Waals surface area contributed by atoms with Crippen LogP contribution in [0, 0.1) is 5.82 Å². The Balaban J connectivity index is 1.76. The summed E-state index contributed by atoms with van der Waals surface area (Å²) >= 11 is 0. The molecule has 0 amide bonds. The van der Waals surface area contributed by atoms with Crippen molar-refractivity contribution in [3.63, 3.8) is 0 Å². The zero-order chi connectivity index (χ0) is 23.1. The number of fused-ring (bicyclic) bond motifs is 2. The number of nitrogens with one attached hydrogen (secondary N) is 1. The highest BCUT2D eigenvalue weighted by molar-refractivity contribution is 6.05. The summed E-state index contributed by atoms with van der Waals surface area (Å²) in [5, 5.41) is 19.4. The smallest absolute Gasteiger partial charge is 0.335 e. The van der Waals surface area contributed by atoms with Gasteiger partial charge >= 0.3 is 5.97 Å². The Bertz CT molecular complexity index is 1490. The summed E-state index contributed by atoms with van der Waals surface area (Å²) in [5.41, 5.74) is 5.89. The second-order valence-electron chi connectivity index (χ2n) is 8.51. The number of rotatable bonds is 5. The number of benzene rings is 3. The number of hydrogen-bond donors (Lipinski definition) is 2. The van der Waals surface area contributed by atoms with Crippen LogP contribution in [0.1, 0.15) is 47.1 Å². The third-order valence-electron chi connectivity index (χ3n) is 5.92. The third kappa shape index (κ3) is 3.84. The number of H-pyrrole nitrogens is 1. The maximum absolute atomic E-state index is 13.7. The van der Waals surface area contributed by atoms with Gasteiger partial charge in [0.1, 0.15) is 5.82 Å². The van der Waals surface area contributed by atoms with Crippen molar-refractivity contribution in [3.05, 3.63) is 95.2 Å². The Kier molecular flexibility index (Phi) is 5.13. The average Bonchev–Trinajstić information content (AvgIpc) is 3.26. The van der Waals surface area contributed by atoms with Crippen LogP contribution in [0.5, 0.6) is 0 Å². The van der Waals surface area contributed by atoms with Crippen LogP contribution in [0.3, 0.4) is 0 Å². The predicted octanol–water partition coefficient (Wildman–Crippen LogP) is 6.33. The van der Waals surface area contributed by atoms with Gasteiger partial charge in [-0.15, -0.1) is 0 Å². The lowest BCUT2D eigenvalue weighted by atomic mass is 9.90. The zero-order valence-electron chi connectivity index (χ0n) is 18.3. The third-order valence-corrected chi connectivity index (χ3v) is 5.92. The molecule has 3 aromatic carbocycles. The molecule has 0 saturated heterocycles. The van der Waals surface area contributed by atoms with Gasteiger partial charge in [-0.05, 0) is 58.8 Å². The van der Waals surface area contributed by atoms with Crippen molar-refractivity contribution in [2.45, 2.75) is 26.2 Å². The molecule has 5 aromatic rings. The Labute approximate surface area is 189 Å². The molecule has 0 aliphatic carbocycles. The second-order valence-corrected chi connectivity index (χ2v) is 8.51. The van der Waals surface area contributed by atoms with Crippen molar-refractivity contribution in [3.8, 4) is 11.1 Å². The van der Waals surface area contributed by atoms with Gasteiger partial charge in [0, 0.05) is 22.8 Å². The number of aromatic carboxylic acids is 1. The summed E-state index contributed by atoms with van der Waals surface area (Å²) in [6, 6.07) is 17.6. The summed E-state index contributed by atoms with van der Waals surface area (Å²) in [4.78, 5) is 16.3. The summed E-state index contributed by atoms with van der Waals surface area (Å²) in [5.74, 6) is -1.08. The highest BCUT2D eigenvalue weighted by Crippen LogP contribution is 2.38. The first-order chi connectivity index (χ1) is 15.9. The van der Waals surface area contributed by atoms with Gasteiger partial charge in [-0.25, -0.2) is 9.18 Å². The topological polar surface area (TPSA) is 78.9 Å². The molecule has 0 unspecified atom stereocenters. The Morgan fingerprint density at radius 3 is 2.42 bits per heavy atom. The molecule has 6 heteroatoms. The standard InChI is InChI=1S/C27H22FN3O2/c1-15(2)26-25(17-7-9-20(28)10-8-17)22-12-19-14-29-31-23(19)13-21(22)24(30-26)11-16-3-5-18(6-4-16)27(32)33/h3-10,12-15H,11H2,1-2H3,(H,29,31)(H,32,33). The van der Waals surface area contributed by atoms with Crippen molar-refractivity contribution in [2.75, 3.05) is 0 Å². The zero-order valence-corrected chi connectivity index (χ0v) is 18.3. The van der Waals surface area contributed by atoms with Crippen molar-refractivity contribution in [1.29, 1.82) is 0 Å². The van der Waals surface area contributed by atoms with Crippen LogP contribution in [0.2, 0.25) is 0 Å². The van der Waals surface area contributed by atoms with Crippen LogP contribution in [0.15, 0.2) is 66.9 Å². The van der Waals surface area contributed by atoms with Crippen molar-refractivity contribution in [2.24, 2.45) is 0 Å². The van der Waals surface area contributed by atoms with E-state index in [-0.39, 0.29) is 17.3 Å². The monoisotopic (exact) mass is 439 g/mol. The quantitative estimate of drug-likeness (QED) is 0.335. The first kappa shape index (κ1) is 20.8. The molecule has 0 spiro atoms. The number of carboxylic acid groups (broad SMARTS) is 1. The van der Waals surface area contributed by atoms with E-state index in [0.29, 0.717) is 6.42 Å². The maximum Gasteiger partial charge on any atom is 0.335 e. The number of halogens is 1. The number of aromatic amines is 1. The second kappa shape index (κ2) is 8.13. The van der Waals surface area contributed by atoms with E-state index < -0.39 is 5.97 Å². The number of hydrogen-bond acceptors (Lipinski definition) is 3. The lowest BCUT2D eigenvalue weighted by molar-refractivity contribution is 0.0697. The number of pyridine rings is 1. The van der Waals surface area contributed by atoms with E-state index >= 15 is 0 Å². The highest BCUT2D eigenvalue weighted by atomic mass is 19.1. The molecule has 0 aliphatic heterocycles. The van der Waals surface area contributed by atoms with E-state index in [4.69, 9.17) is 4.98 Å².